The molecule has 2 aromatic rings. The molecule has 184 valence electrons. The maximum absolute atomic E-state index is 12.6. The lowest BCUT2D eigenvalue weighted by molar-refractivity contribution is -0.142. The Morgan fingerprint density at radius 1 is 1.03 bits per heavy atom. The van der Waals surface area contributed by atoms with Gasteiger partial charge in [0.05, 0.1) is 36.8 Å². The number of amides is 3. The molecule has 1 N–H and O–H groups in total. The number of imide groups is 1. The summed E-state index contributed by atoms with van der Waals surface area (Å²) in [5, 5.41) is 3.18. The third-order valence-electron chi connectivity index (χ3n) is 6.32. The first-order valence-corrected chi connectivity index (χ1v) is 12.3. The molecule has 9 nitrogen and oxygen atoms in total. The van der Waals surface area contributed by atoms with E-state index in [9.17, 15) is 24.0 Å². The summed E-state index contributed by atoms with van der Waals surface area (Å²) in [5.74, 6) is -2.39. The number of ether oxygens (including phenoxy) is 2. The fraction of sp³-hybridized carbons (Fsp3) is 0.400. The van der Waals surface area contributed by atoms with Gasteiger partial charge in [-0.2, -0.15) is 0 Å². The number of hydrogen-bond donors (Lipinski definition) is 1. The number of benzene rings is 1. The molecule has 0 bridgehead atoms. The van der Waals surface area contributed by atoms with Gasteiger partial charge in [0, 0.05) is 17.8 Å². The molecule has 1 aliphatic heterocycles. The number of carbonyl (C=O) groups excluding carboxylic acids is 5. The van der Waals surface area contributed by atoms with Gasteiger partial charge in [-0.05, 0) is 43.4 Å². The van der Waals surface area contributed by atoms with E-state index in [2.05, 4.69) is 5.32 Å². The number of unbranched alkanes of at least 4 members (excludes halogenated alkanes) is 2. The van der Waals surface area contributed by atoms with Gasteiger partial charge in [-0.25, -0.2) is 4.79 Å². The highest BCUT2D eigenvalue weighted by Gasteiger charge is 2.38. The first-order valence-electron chi connectivity index (χ1n) is 11.4. The number of esters is 2. The van der Waals surface area contributed by atoms with Crippen LogP contribution in [0.2, 0.25) is 0 Å². The molecule has 2 heterocycles. The lowest BCUT2D eigenvalue weighted by Gasteiger charge is -2.13. The van der Waals surface area contributed by atoms with Crippen LogP contribution in [-0.2, 0) is 25.5 Å². The number of thiophene rings is 1. The Morgan fingerprint density at radius 2 is 1.71 bits per heavy atom. The van der Waals surface area contributed by atoms with Gasteiger partial charge < -0.3 is 14.8 Å². The van der Waals surface area contributed by atoms with Crippen molar-refractivity contribution in [3.8, 4) is 0 Å². The van der Waals surface area contributed by atoms with Crippen LogP contribution in [-0.4, -0.2) is 55.3 Å². The zero-order valence-electron chi connectivity index (χ0n) is 19.5. The van der Waals surface area contributed by atoms with E-state index in [1.807, 2.05) is 0 Å². The number of rotatable bonds is 9. The van der Waals surface area contributed by atoms with E-state index in [4.69, 9.17) is 9.47 Å². The van der Waals surface area contributed by atoms with Crippen molar-refractivity contribution in [2.75, 3.05) is 26.1 Å². The van der Waals surface area contributed by atoms with E-state index in [-0.39, 0.29) is 29.7 Å². The van der Waals surface area contributed by atoms with Crippen LogP contribution in [0.4, 0.5) is 5.00 Å². The number of methoxy groups -OCH3 is 2. The number of carbonyl (C=O) groups is 5. The van der Waals surface area contributed by atoms with Crippen molar-refractivity contribution >= 4 is 46.0 Å². The summed E-state index contributed by atoms with van der Waals surface area (Å²) >= 11 is 1.29. The van der Waals surface area contributed by atoms with Gasteiger partial charge in [0.1, 0.15) is 5.00 Å². The molecular weight excluding hydrogens is 472 g/mol. The van der Waals surface area contributed by atoms with Gasteiger partial charge >= 0.3 is 11.9 Å². The topological polar surface area (TPSA) is 119 Å². The zero-order chi connectivity index (χ0) is 25.1. The predicted molar refractivity (Wildman–Crippen MR) is 128 cm³/mol. The van der Waals surface area contributed by atoms with Crippen molar-refractivity contribution in [3.63, 3.8) is 0 Å². The Kier molecular flexibility index (Phi) is 7.30. The van der Waals surface area contributed by atoms with Gasteiger partial charge in [-0.1, -0.05) is 18.6 Å². The molecule has 1 atom stereocenters. The summed E-state index contributed by atoms with van der Waals surface area (Å²) in [7, 11) is 2.57. The molecule has 1 aromatic carbocycles. The number of aryl methyl sites for hydroxylation is 1. The molecule has 0 radical (unpaired) electrons. The van der Waals surface area contributed by atoms with E-state index in [1.165, 1.54) is 30.5 Å². The van der Waals surface area contributed by atoms with E-state index in [1.54, 1.807) is 24.3 Å². The van der Waals surface area contributed by atoms with Crippen LogP contribution < -0.4 is 5.32 Å². The van der Waals surface area contributed by atoms with Crippen LogP contribution in [0.25, 0.3) is 0 Å². The van der Waals surface area contributed by atoms with Gasteiger partial charge in [-0.3, -0.25) is 24.1 Å². The molecular formula is C25H26N2O7S. The zero-order valence-corrected chi connectivity index (χ0v) is 20.4. The fourth-order valence-electron chi connectivity index (χ4n) is 4.60. The Hall–Kier alpha value is -3.53. The van der Waals surface area contributed by atoms with Crippen LogP contribution in [0.5, 0.6) is 0 Å². The van der Waals surface area contributed by atoms with Crippen LogP contribution in [0, 0.1) is 0 Å². The Labute approximate surface area is 206 Å². The van der Waals surface area contributed by atoms with E-state index in [0.29, 0.717) is 60.3 Å². The van der Waals surface area contributed by atoms with Gasteiger partial charge in [0.25, 0.3) is 11.8 Å². The van der Waals surface area contributed by atoms with Gasteiger partial charge in [0.2, 0.25) is 5.91 Å². The predicted octanol–water partition coefficient (Wildman–Crippen LogP) is 3.53. The second-order valence-corrected chi connectivity index (χ2v) is 9.52. The van der Waals surface area contributed by atoms with Crippen LogP contribution in [0.1, 0.15) is 79.5 Å². The van der Waals surface area contributed by atoms with Crippen LogP contribution in [0.15, 0.2) is 24.3 Å². The molecule has 0 unspecified atom stereocenters. The minimum absolute atomic E-state index is 0.214. The Bertz CT molecular complexity index is 1170. The number of fused-ring (bicyclic) bond motifs is 2. The summed E-state index contributed by atoms with van der Waals surface area (Å²) in [5.41, 5.74) is 1.66. The molecule has 2 aliphatic rings. The molecule has 10 heteroatoms. The highest BCUT2D eigenvalue weighted by molar-refractivity contribution is 7.17. The van der Waals surface area contributed by atoms with E-state index >= 15 is 0 Å². The van der Waals surface area contributed by atoms with Crippen LogP contribution >= 0.6 is 11.3 Å². The van der Waals surface area contributed by atoms with Crippen molar-refractivity contribution in [1.82, 2.24) is 4.90 Å². The van der Waals surface area contributed by atoms with Crippen molar-refractivity contribution in [2.24, 2.45) is 0 Å². The standard InChI is InChI=1S/C25H26N2O7S/c1-33-24(31)16-11-12-17-19(16)20(25(32)34-2)21(35-17)26-18(28)10-4-3-7-13-27-22(29)14-8-5-6-9-15(14)23(27)30/h5-6,8-9,16H,3-4,7,10-13H2,1-2H3,(H,26,28)/t16-/m0/s1. The summed E-state index contributed by atoms with van der Waals surface area (Å²) in [6.45, 7) is 0.299. The minimum Gasteiger partial charge on any atom is -0.469 e. The molecule has 35 heavy (non-hydrogen) atoms. The summed E-state index contributed by atoms with van der Waals surface area (Å²) < 4.78 is 9.79. The second-order valence-electron chi connectivity index (χ2n) is 8.42. The molecule has 1 aliphatic carbocycles. The molecule has 0 saturated heterocycles. The molecule has 0 fully saturated rings. The number of anilines is 1. The first-order chi connectivity index (χ1) is 16.9. The quantitative estimate of drug-likeness (QED) is 0.319. The van der Waals surface area contributed by atoms with Crippen molar-refractivity contribution < 1.29 is 33.4 Å². The smallest absolute Gasteiger partial charge is 0.341 e. The molecule has 0 saturated carbocycles. The van der Waals surface area contributed by atoms with Gasteiger partial charge in [-0.15, -0.1) is 11.3 Å². The maximum atomic E-state index is 12.6. The maximum Gasteiger partial charge on any atom is 0.341 e. The molecule has 1 aromatic heterocycles. The van der Waals surface area contributed by atoms with Gasteiger partial charge in [0.15, 0.2) is 0 Å². The highest BCUT2D eigenvalue weighted by Crippen LogP contribution is 2.46. The van der Waals surface area contributed by atoms with Crippen molar-refractivity contribution in [1.29, 1.82) is 0 Å². The van der Waals surface area contributed by atoms with Crippen LogP contribution in [0.3, 0.4) is 0 Å². The SMILES string of the molecule is COC(=O)c1c(NC(=O)CCCCCN2C(=O)c3ccccc3C2=O)sc2c1[C@@H](C(=O)OC)CC2. The summed E-state index contributed by atoms with van der Waals surface area (Å²) in [4.78, 5) is 64.2. The number of hydrogen-bond acceptors (Lipinski definition) is 8. The lowest BCUT2D eigenvalue weighted by Crippen LogP contribution is -2.30. The third-order valence-corrected chi connectivity index (χ3v) is 7.50. The molecule has 4 rings (SSSR count). The van der Waals surface area contributed by atoms with Crippen molar-refractivity contribution in [2.45, 2.75) is 44.4 Å². The number of nitrogens with one attached hydrogen (secondary N) is 1. The second kappa shape index (κ2) is 10.4. The normalized spacial score (nSPS) is 16.2. The molecule has 0 spiro atoms. The first kappa shape index (κ1) is 24.6. The Balaban J connectivity index is 1.30. The number of nitrogens with zero attached hydrogens (tertiary/aromatic N) is 1. The van der Waals surface area contributed by atoms with Crippen molar-refractivity contribution in [3.05, 3.63) is 51.4 Å². The monoisotopic (exact) mass is 498 g/mol. The minimum atomic E-state index is -0.602. The third kappa shape index (κ3) is 4.70. The largest absolute Gasteiger partial charge is 0.469 e. The lowest BCUT2D eigenvalue weighted by atomic mass is 9.99. The fourth-order valence-corrected chi connectivity index (χ4v) is 5.88. The highest BCUT2D eigenvalue weighted by atomic mass is 32.1. The average molecular weight is 499 g/mol. The average Bonchev–Trinajstić information content (AvgIpc) is 3.49. The summed E-state index contributed by atoms with van der Waals surface area (Å²) in [6.07, 6.45) is 3.18. The Morgan fingerprint density at radius 3 is 2.34 bits per heavy atom. The van der Waals surface area contributed by atoms with E-state index in [0.717, 1.165) is 4.88 Å². The van der Waals surface area contributed by atoms with E-state index < -0.39 is 17.9 Å². The molecule has 3 amide bonds. The summed E-state index contributed by atoms with van der Waals surface area (Å²) in [6, 6.07) is 6.76.